The Morgan fingerprint density at radius 3 is 2.48 bits per heavy atom. The van der Waals surface area contributed by atoms with Crippen LogP contribution in [0.2, 0.25) is 0 Å². The SMILES string of the molecule is CCCCCCCNC(=O)COCCOCCOc1ccc(-c2nnc(SC)o2)cc1. The lowest BCUT2D eigenvalue weighted by molar-refractivity contribution is -0.126. The Balaban J connectivity index is 1.45. The van der Waals surface area contributed by atoms with Crippen molar-refractivity contribution in [2.24, 2.45) is 0 Å². The van der Waals surface area contributed by atoms with Gasteiger partial charge in [0.05, 0.1) is 19.8 Å². The van der Waals surface area contributed by atoms with Gasteiger partial charge in [-0.2, -0.15) is 0 Å². The van der Waals surface area contributed by atoms with Crippen LogP contribution in [0, 0.1) is 0 Å². The Morgan fingerprint density at radius 1 is 1.00 bits per heavy atom. The Bertz CT molecular complexity index is 739. The molecule has 1 aromatic carbocycles. The van der Waals surface area contributed by atoms with Crippen molar-refractivity contribution in [3.8, 4) is 17.2 Å². The summed E-state index contributed by atoms with van der Waals surface area (Å²) < 4.78 is 21.9. The molecule has 9 heteroatoms. The van der Waals surface area contributed by atoms with Gasteiger partial charge in [-0.15, -0.1) is 10.2 Å². The van der Waals surface area contributed by atoms with Crippen molar-refractivity contribution in [3.05, 3.63) is 24.3 Å². The van der Waals surface area contributed by atoms with E-state index in [-0.39, 0.29) is 12.5 Å². The van der Waals surface area contributed by atoms with Gasteiger partial charge in [0.15, 0.2) is 0 Å². The monoisotopic (exact) mass is 451 g/mol. The van der Waals surface area contributed by atoms with E-state index in [0.29, 0.717) is 44.1 Å². The molecular weight excluding hydrogens is 418 g/mol. The van der Waals surface area contributed by atoms with Crippen LogP contribution in [0.5, 0.6) is 5.75 Å². The summed E-state index contributed by atoms with van der Waals surface area (Å²) in [5.74, 6) is 1.15. The second-order valence-electron chi connectivity index (χ2n) is 6.88. The number of rotatable bonds is 17. The van der Waals surface area contributed by atoms with Crippen molar-refractivity contribution < 1.29 is 23.4 Å². The minimum absolute atomic E-state index is 0.0691. The maximum atomic E-state index is 11.6. The molecule has 1 aromatic heterocycles. The van der Waals surface area contributed by atoms with Gasteiger partial charge in [-0.25, -0.2) is 0 Å². The minimum atomic E-state index is -0.0764. The van der Waals surface area contributed by atoms with Crippen molar-refractivity contribution in [2.45, 2.75) is 44.3 Å². The number of unbranched alkanes of at least 4 members (excludes halogenated alkanes) is 4. The zero-order valence-electron chi connectivity index (χ0n) is 18.4. The molecule has 0 aliphatic carbocycles. The van der Waals surface area contributed by atoms with Crippen LogP contribution in [-0.2, 0) is 14.3 Å². The number of benzene rings is 1. The fourth-order valence-corrected chi connectivity index (χ4v) is 3.00. The topological polar surface area (TPSA) is 95.7 Å². The summed E-state index contributed by atoms with van der Waals surface area (Å²) in [5, 5.41) is 11.3. The molecule has 0 saturated carbocycles. The highest BCUT2D eigenvalue weighted by Crippen LogP contribution is 2.23. The van der Waals surface area contributed by atoms with Crippen LogP contribution in [0.1, 0.15) is 39.0 Å². The van der Waals surface area contributed by atoms with Crippen LogP contribution >= 0.6 is 11.8 Å². The molecule has 172 valence electrons. The van der Waals surface area contributed by atoms with E-state index in [4.69, 9.17) is 18.6 Å². The van der Waals surface area contributed by atoms with E-state index < -0.39 is 0 Å². The summed E-state index contributed by atoms with van der Waals surface area (Å²) in [7, 11) is 0. The lowest BCUT2D eigenvalue weighted by Gasteiger charge is -2.08. The number of aromatic nitrogens is 2. The fourth-order valence-electron chi connectivity index (χ4n) is 2.71. The first-order chi connectivity index (χ1) is 15.2. The molecule has 1 amide bonds. The van der Waals surface area contributed by atoms with Crippen molar-refractivity contribution in [2.75, 3.05) is 45.8 Å². The van der Waals surface area contributed by atoms with E-state index in [2.05, 4.69) is 22.4 Å². The molecule has 0 fully saturated rings. The predicted molar refractivity (Wildman–Crippen MR) is 120 cm³/mol. The molecule has 0 atom stereocenters. The summed E-state index contributed by atoms with van der Waals surface area (Å²) in [6.07, 6.45) is 7.78. The minimum Gasteiger partial charge on any atom is -0.491 e. The van der Waals surface area contributed by atoms with Crippen LogP contribution in [0.4, 0.5) is 0 Å². The van der Waals surface area contributed by atoms with Gasteiger partial charge in [0.1, 0.15) is 19.0 Å². The highest BCUT2D eigenvalue weighted by Gasteiger charge is 2.07. The van der Waals surface area contributed by atoms with Gasteiger partial charge in [-0.1, -0.05) is 44.4 Å². The number of nitrogens with one attached hydrogen (secondary N) is 1. The number of carbonyl (C=O) groups excluding carboxylic acids is 1. The van der Waals surface area contributed by atoms with Gasteiger partial charge in [-0.3, -0.25) is 4.79 Å². The molecule has 0 bridgehead atoms. The summed E-state index contributed by atoms with van der Waals surface area (Å²) in [5.41, 5.74) is 0.842. The maximum absolute atomic E-state index is 11.6. The third-order valence-electron chi connectivity index (χ3n) is 4.39. The molecule has 0 radical (unpaired) electrons. The van der Waals surface area contributed by atoms with Crippen LogP contribution < -0.4 is 10.1 Å². The molecule has 2 rings (SSSR count). The molecule has 0 aliphatic rings. The van der Waals surface area contributed by atoms with Crippen LogP contribution in [0.15, 0.2) is 33.9 Å². The second-order valence-corrected chi connectivity index (χ2v) is 7.64. The summed E-state index contributed by atoms with van der Waals surface area (Å²) in [6.45, 7) is 4.64. The molecule has 0 spiro atoms. The molecular formula is C22H33N3O5S. The summed E-state index contributed by atoms with van der Waals surface area (Å²) in [6, 6.07) is 7.45. The van der Waals surface area contributed by atoms with Crippen LogP contribution in [0.25, 0.3) is 11.5 Å². The van der Waals surface area contributed by atoms with Gasteiger partial charge in [0, 0.05) is 12.1 Å². The van der Waals surface area contributed by atoms with Gasteiger partial charge in [0.25, 0.3) is 5.22 Å². The van der Waals surface area contributed by atoms with Gasteiger partial charge in [-0.05, 0) is 36.9 Å². The number of hydrogen-bond donors (Lipinski definition) is 1. The van der Waals surface area contributed by atoms with E-state index in [1.165, 1.54) is 31.0 Å². The van der Waals surface area contributed by atoms with Crippen LogP contribution in [0.3, 0.4) is 0 Å². The number of ether oxygens (including phenoxy) is 3. The Kier molecular flexibility index (Phi) is 12.7. The fraction of sp³-hybridized carbons (Fsp3) is 0.591. The van der Waals surface area contributed by atoms with Crippen molar-refractivity contribution in [1.82, 2.24) is 15.5 Å². The highest BCUT2D eigenvalue weighted by molar-refractivity contribution is 7.98. The average molecular weight is 452 g/mol. The number of hydrogen-bond acceptors (Lipinski definition) is 8. The predicted octanol–water partition coefficient (Wildman–Crippen LogP) is 3.96. The molecule has 8 nitrogen and oxygen atoms in total. The molecule has 1 N–H and O–H groups in total. The second kappa shape index (κ2) is 15.7. The van der Waals surface area contributed by atoms with Crippen molar-refractivity contribution in [1.29, 1.82) is 0 Å². The number of thioether (sulfide) groups is 1. The molecule has 0 aliphatic heterocycles. The van der Waals surface area contributed by atoms with E-state index in [1.807, 2.05) is 30.5 Å². The smallest absolute Gasteiger partial charge is 0.276 e. The lowest BCUT2D eigenvalue weighted by Crippen LogP contribution is -2.29. The van der Waals surface area contributed by atoms with Crippen LogP contribution in [-0.4, -0.2) is 61.9 Å². The van der Waals surface area contributed by atoms with E-state index in [0.717, 1.165) is 24.2 Å². The zero-order chi connectivity index (χ0) is 22.2. The van der Waals surface area contributed by atoms with Gasteiger partial charge < -0.3 is 23.9 Å². The Hall–Kier alpha value is -2.10. The first kappa shape index (κ1) is 25.2. The first-order valence-corrected chi connectivity index (χ1v) is 12.0. The third kappa shape index (κ3) is 10.7. The molecule has 31 heavy (non-hydrogen) atoms. The molecule has 0 saturated heterocycles. The molecule has 0 unspecified atom stereocenters. The number of carbonyl (C=O) groups is 1. The lowest BCUT2D eigenvalue weighted by atomic mass is 10.1. The summed E-state index contributed by atoms with van der Waals surface area (Å²) >= 11 is 1.41. The van der Waals surface area contributed by atoms with Crippen molar-refractivity contribution >= 4 is 17.7 Å². The summed E-state index contributed by atoms with van der Waals surface area (Å²) in [4.78, 5) is 11.6. The van der Waals surface area contributed by atoms with Gasteiger partial charge in [0.2, 0.25) is 11.8 Å². The van der Waals surface area contributed by atoms with Crippen molar-refractivity contribution in [3.63, 3.8) is 0 Å². The van der Waals surface area contributed by atoms with E-state index in [9.17, 15) is 4.79 Å². The Morgan fingerprint density at radius 2 is 1.74 bits per heavy atom. The number of amides is 1. The normalized spacial score (nSPS) is 10.9. The van der Waals surface area contributed by atoms with Gasteiger partial charge >= 0.3 is 0 Å². The van der Waals surface area contributed by atoms with E-state index >= 15 is 0 Å². The van der Waals surface area contributed by atoms with E-state index in [1.54, 1.807) is 0 Å². The maximum Gasteiger partial charge on any atom is 0.276 e. The first-order valence-electron chi connectivity index (χ1n) is 10.8. The average Bonchev–Trinajstić information content (AvgIpc) is 3.28. The zero-order valence-corrected chi connectivity index (χ0v) is 19.2. The standard InChI is InChI=1S/C22H33N3O5S/c1-3-4-5-6-7-12-23-20(26)17-28-14-13-27-15-16-29-19-10-8-18(9-11-19)21-24-25-22(30-21)31-2/h8-11H,3-7,12-17H2,1-2H3,(H,23,26). The number of nitrogens with zero attached hydrogens (tertiary/aromatic N) is 2. The quantitative estimate of drug-likeness (QED) is 0.285. The molecule has 1 heterocycles. The third-order valence-corrected chi connectivity index (χ3v) is 4.90. The Labute approximate surface area is 188 Å². The highest BCUT2D eigenvalue weighted by atomic mass is 32.2. The molecule has 2 aromatic rings. The largest absolute Gasteiger partial charge is 0.491 e.